The lowest BCUT2D eigenvalue weighted by Crippen LogP contribution is -3.12. The summed E-state index contributed by atoms with van der Waals surface area (Å²) in [5, 5.41) is 5.01. The number of furan rings is 1. The largest absolute Gasteiger partial charge is 0.495 e. The van der Waals surface area contributed by atoms with Crippen LogP contribution < -0.4 is 15.0 Å². The van der Waals surface area contributed by atoms with Gasteiger partial charge in [-0.25, -0.2) is 0 Å². The fourth-order valence-corrected chi connectivity index (χ4v) is 3.55. The Morgan fingerprint density at radius 2 is 1.76 bits per heavy atom. The number of hydrogen-bond donors (Lipinski definition) is 2. The number of methoxy groups -OCH3 is 1. The SMILES string of the molecule is COc1cc2c(cc1NC(=O)[C@H](C)[NH+](C)Cc1ccccc1)oc1ccccc12. The number of carbonyl (C=O) groups is 1. The lowest BCUT2D eigenvalue weighted by Gasteiger charge is -2.21. The van der Waals surface area contributed by atoms with Crippen molar-refractivity contribution in [3.8, 4) is 5.75 Å². The summed E-state index contributed by atoms with van der Waals surface area (Å²) in [6, 6.07) is 21.6. The Labute approximate surface area is 169 Å². The molecule has 1 aromatic heterocycles. The number of benzene rings is 3. The summed E-state index contributed by atoms with van der Waals surface area (Å²) in [5.74, 6) is 0.553. The molecule has 2 N–H and O–H groups in total. The maximum Gasteiger partial charge on any atom is 0.282 e. The van der Waals surface area contributed by atoms with Crippen LogP contribution in [0.25, 0.3) is 21.9 Å². The van der Waals surface area contributed by atoms with E-state index in [9.17, 15) is 4.79 Å². The number of rotatable bonds is 6. The van der Waals surface area contributed by atoms with Crippen molar-refractivity contribution < 1.29 is 18.8 Å². The number of ether oxygens (including phenoxy) is 1. The van der Waals surface area contributed by atoms with E-state index in [1.54, 1.807) is 7.11 Å². The highest BCUT2D eigenvalue weighted by atomic mass is 16.5. The fraction of sp³-hybridized carbons (Fsp3) is 0.208. The lowest BCUT2D eigenvalue weighted by atomic mass is 10.1. The van der Waals surface area contributed by atoms with Crippen molar-refractivity contribution in [3.63, 3.8) is 0 Å². The first-order valence-corrected chi connectivity index (χ1v) is 9.73. The van der Waals surface area contributed by atoms with E-state index >= 15 is 0 Å². The van der Waals surface area contributed by atoms with Crippen LogP contribution in [0, 0.1) is 0 Å². The van der Waals surface area contributed by atoms with E-state index in [2.05, 4.69) is 17.4 Å². The number of anilines is 1. The summed E-state index contributed by atoms with van der Waals surface area (Å²) < 4.78 is 11.5. The number of quaternary nitrogens is 1. The van der Waals surface area contributed by atoms with E-state index < -0.39 is 0 Å². The van der Waals surface area contributed by atoms with Crippen LogP contribution in [0.4, 0.5) is 5.69 Å². The monoisotopic (exact) mass is 389 g/mol. The first-order valence-electron chi connectivity index (χ1n) is 9.73. The average molecular weight is 389 g/mol. The topological polar surface area (TPSA) is 55.9 Å². The standard InChI is InChI=1S/C24H24N2O3/c1-16(26(2)15-17-9-5-4-6-10-17)24(27)25-20-14-22-19(13-23(20)28-3)18-11-7-8-12-21(18)29-22/h4-14,16H,15H2,1-3H3,(H,25,27)/p+1/t16-/m0/s1. The molecule has 1 heterocycles. The first kappa shape index (κ1) is 19.0. The summed E-state index contributed by atoms with van der Waals surface area (Å²) in [5.41, 5.74) is 3.35. The van der Waals surface area contributed by atoms with Gasteiger partial charge in [-0.3, -0.25) is 4.79 Å². The van der Waals surface area contributed by atoms with Crippen LogP contribution in [0.1, 0.15) is 12.5 Å². The molecule has 3 aromatic carbocycles. The molecule has 0 fully saturated rings. The Bertz CT molecular complexity index is 1150. The second-order valence-corrected chi connectivity index (χ2v) is 7.37. The van der Waals surface area contributed by atoms with Crippen LogP contribution in [0.15, 0.2) is 71.1 Å². The van der Waals surface area contributed by atoms with Crippen molar-refractivity contribution in [2.75, 3.05) is 19.5 Å². The number of para-hydroxylation sites is 1. The van der Waals surface area contributed by atoms with Crippen molar-refractivity contribution >= 4 is 33.5 Å². The van der Waals surface area contributed by atoms with E-state index in [1.165, 1.54) is 5.56 Å². The Morgan fingerprint density at radius 1 is 1.03 bits per heavy atom. The number of nitrogens with one attached hydrogen (secondary N) is 2. The number of fused-ring (bicyclic) bond motifs is 3. The van der Waals surface area contributed by atoms with Gasteiger partial charge in [0.1, 0.15) is 23.5 Å². The molecule has 5 heteroatoms. The quantitative estimate of drug-likeness (QED) is 0.529. The number of likely N-dealkylation sites (N-methyl/N-ethyl adjacent to an activating group) is 1. The Balaban J connectivity index is 1.57. The van der Waals surface area contributed by atoms with Gasteiger partial charge in [-0.2, -0.15) is 0 Å². The molecule has 0 radical (unpaired) electrons. The van der Waals surface area contributed by atoms with E-state index in [0.29, 0.717) is 11.4 Å². The minimum absolute atomic E-state index is 0.0628. The van der Waals surface area contributed by atoms with Gasteiger partial charge in [0.25, 0.3) is 5.91 Å². The second kappa shape index (κ2) is 7.97. The van der Waals surface area contributed by atoms with Crippen molar-refractivity contribution in [2.24, 2.45) is 0 Å². The molecule has 0 aliphatic rings. The minimum atomic E-state index is -0.230. The molecule has 29 heavy (non-hydrogen) atoms. The van der Waals surface area contributed by atoms with Gasteiger partial charge in [0.15, 0.2) is 6.04 Å². The van der Waals surface area contributed by atoms with Crippen LogP contribution in [0.3, 0.4) is 0 Å². The summed E-state index contributed by atoms with van der Waals surface area (Å²) in [4.78, 5) is 14.0. The molecular weight excluding hydrogens is 364 g/mol. The normalized spacial score (nSPS) is 13.3. The molecule has 4 aromatic rings. The van der Waals surface area contributed by atoms with Crippen LogP contribution in [0.2, 0.25) is 0 Å². The average Bonchev–Trinajstić information content (AvgIpc) is 3.10. The van der Waals surface area contributed by atoms with Gasteiger partial charge in [-0.15, -0.1) is 0 Å². The fourth-order valence-electron chi connectivity index (χ4n) is 3.55. The zero-order valence-electron chi connectivity index (χ0n) is 16.9. The zero-order chi connectivity index (χ0) is 20.4. The summed E-state index contributed by atoms with van der Waals surface area (Å²) in [6.07, 6.45) is 0. The third-order valence-corrected chi connectivity index (χ3v) is 5.41. The molecule has 1 unspecified atom stereocenters. The van der Waals surface area contributed by atoms with Crippen LogP contribution in [-0.4, -0.2) is 26.1 Å². The predicted octanol–water partition coefficient (Wildman–Crippen LogP) is 3.64. The molecule has 4 rings (SSSR count). The van der Waals surface area contributed by atoms with Crippen molar-refractivity contribution in [2.45, 2.75) is 19.5 Å². The van der Waals surface area contributed by atoms with Gasteiger partial charge in [-0.05, 0) is 19.1 Å². The molecule has 0 aliphatic carbocycles. The van der Waals surface area contributed by atoms with Crippen molar-refractivity contribution in [3.05, 3.63) is 72.3 Å². The molecule has 1 amide bonds. The molecule has 0 saturated heterocycles. The maximum atomic E-state index is 12.9. The second-order valence-electron chi connectivity index (χ2n) is 7.37. The Hall–Kier alpha value is -3.31. The van der Waals surface area contributed by atoms with Crippen molar-refractivity contribution in [1.29, 1.82) is 0 Å². The molecule has 2 atom stereocenters. The van der Waals surface area contributed by atoms with E-state index in [1.807, 2.05) is 68.6 Å². The Kier molecular flexibility index (Phi) is 5.23. The van der Waals surface area contributed by atoms with Crippen LogP contribution >= 0.6 is 0 Å². The number of amides is 1. The van der Waals surface area contributed by atoms with Crippen LogP contribution in [0.5, 0.6) is 5.75 Å². The smallest absolute Gasteiger partial charge is 0.282 e. The molecule has 148 valence electrons. The first-order chi connectivity index (χ1) is 14.1. The highest BCUT2D eigenvalue weighted by molar-refractivity contribution is 6.08. The lowest BCUT2D eigenvalue weighted by molar-refractivity contribution is -0.907. The van der Waals surface area contributed by atoms with E-state index in [0.717, 1.165) is 33.4 Å². The predicted molar refractivity (Wildman–Crippen MR) is 115 cm³/mol. The number of hydrogen-bond acceptors (Lipinski definition) is 3. The van der Waals surface area contributed by atoms with E-state index in [-0.39, 0.29) is 11.9 Å². The summed E-state index contributed by atoms with van der Waals surface area (Å²) in [6.45, 7) is 2.70. The third-order valence-electron chi connectivity index (χ3n) is 5.41. The van der Waals surface area contributed by atoms with Gasteiger partial charge in [0.05, 0.1) is 19.8 Å². The van der Waals surface area contributed by atoms with Gasteiger partial charge in [0, 0.05) is 22.4 Å². The van der Waals surface area contributed by atoms with Gasteiger partial charge >= 0.3 is 0 Å². The van der Waals surface area contributed by atoms with Crippen molar-refractivity contribution in [1.82, 2.24) is 0 Å². The van der Waals surface area contributed by atoms with Crippen LogP contribution in [-0.2, 0) is 11.3 Å². The summed E-state index contributed by atoms with van der Waals surface area (Å²) in [7, 11) is 3.63. The van der Waals surface area contributed by atoms with Gasteiger partial charge < -0.3 is 19.4 Å². The molecule has 0 saturated carbocycles. The molecule has 0 bridgehead atoms. The Morgan fingerprint density at radius 3 is 2.52 bits per heavy atom. The molecular formula is C24H25N2O3+. The molecule has 0 spiro atoms. The molecule has 5 nitrogen and oxygen atoms in total. The molecule has 0 aliphatic heterocycles. The third kappa shape index (κ3) is 3.82. The minimum Gasteiger partial charge on any atom is -0.495 e. The highest BCUT2D eigenvalue weighted by Crippen LogP contribution is 2.36. The summed E-state index contributed by atoms with van der Waals surface area (Å²) >= 11 is 0. The zero-order valence-corrected chi connectivity index (χ0v) is 16.9. The highest BCUT2D eigenvalue weighted by Gasteiger charge is 2.23. The van der Waals surface area contributed by atoms with Gasteiger partial charge in [-0.1, -0.05) is 48.5 Å². The maximum absolute atomic E-state index is 12.9. The number of carbonyl (C=O) groups excluding carboxylic acids is 1. The van der Waals surface area contributed by atoms with Gasteiger partial charge in [0.2, 0.25) is 0 Å². The van der Waals surface area contributed by atoms with E-state index in [4.69, 9.17) is 9.15 Å².